The van der Waals surface area contributed by atoms with E-state index >= 15 is 0 Å². The molecule has 0 bridgehead atoms. The molecule has 1 unspecified atom stereocenters. The number of benzene rings is 3. The predicted molar refractivity (Wildman–Crippen MR) is 177 cm³/mol. The van der Waals surface area contributed by atoms with E-state index in [1.54, 1.807) is 49.4 Å². The number of carbonyl (C=O) groups is 2. The van der Waals surface area contributed by atoms with Gasteiger partial charge in [-0.1, -0.05) is 65.1 Å². The molecular formula is C34H26Cl3FN4O5. The number of primary amides is 1. The second-order valence-corrected chi connectivity index (χ2v) is 12.4. The third-order valence-electron chi connectivity index (χ3n) is 8.28. The summed E-state index contributed by atoms with van der Waals surface area (Å²) in [5.41, 5.74) is 4.28. The average Bonchev–Trinajstić information content (AvgIpc) is 3.43. The van der Waals surface area contributed by atoms with Gasteiger partial charge in [-0.3, -0.25) is 14.6 Å². The van der Waals surface area contributed by atoms with Crippen LogP contribution in [0.1, 0.15) is 34.1 Å². The number of hydrogen-bond donors (Lipinski definition) is 3. The van der Waals surface area contributed by atoms with Gasteiger partial charge in [0.2, 0.25) is 5.91 Å². The molecule has 6 rings (SSSR count). The van der Waals surface area contributed by atoms with Crippen molar-refractivity contribution in [1.29, 1.82) is 0 Å². The first-order valence-electron chi connectivity index (χ1n) is 14.2. The normalized spacial score (nSPS) is 16.7. The van der Waals surface area contributed by atoms with Gasteiger partial charge >= 0.3 is 0 Å². The number of aromatic nitrogens is 2. The maximum absolute atomic E-state index is 14.3. The lowest BCUT2D eigenvalue weighted by molar-refractivity contribution is -0.123. The third-order valence-corrected chi connectivity index (χ3v) is 9.35. The van der Waals surface area contributed by atoms with Crippen LogP contribution in [-0.4, -0.2) is 47.2 Å². The van der Waals surface area contributed by atoms with E-state index in [4.69, 9.17) is 55.0 Å². The van der Waals surface area contributed by atoms with Crippen LogP contribution in [0.3, 0.4) is 0 Å². The van der Waals surface area contributed by atoms with Crippen molar-refractivity contribution in [3.05, 3.63) is 116 Å². The van der Waals surface area contributed by atoms with E-state index < -0.39 is 28.6 Å². The Balaban J connectivity index is 1.50. The van der Waals surface area contributed by atoms with Gasteiger partial charge in [0, 0.05) is 28.3 Å². The van der Waals surface area contributed by atoms with Crippen LogP contribution in [0.5, 0.6) is 11.5 Å². The summed E-state index contributed by atoms with van der Waals surface area (Å²) in [6, 6.07) is 17.3. The third kappa shape index (κ3) is 5.61. The number of fused-ring (bicyclic) bond motifs is 2. The molecule has 240 valence electrons. The van der Waals surface area contributed by atoms with Crippen molar-refractivity contribution in [3.63, 3.8) is 0 Å². The first kappa shape index (κ1) is 32.5. The molecule has 1 aliphatic heterocycles. The van der Waals surface area contributed by atoms with Crippen molar-refractivity contribution in [2.24, 2.45) is 5.73 Å². The number of nitrogens with one attached hydrogen (secondary N) is 1. The van der Waals surface area contributed by atoms with Gasteiger partial charge in [0.25, 0.3) is 5.91 Å². The highest BCUT2D eigenvalue weighted by atomic mass is 35.5. The van der Waals surface area contributed by atoms with Crippen molar-refractivity contribution in [1.82, 2.24) is 15.3 Å². The summed E-state index contributed by atoms with van der Waals surface area (Å²) in [6.07, 6.45) is 1.48. The molecule has 0 saturated heterocycles. The van der Waals surface area contributed by atoms with E-state index in [9.17, 15) is 19.1 Å². The molecule has 2 amide bonds. The zero-order valence-electron chi connectivity index (χ0n) is 24.9. The Morgan fingerprint density at radius 2 is 1.85 bits per heavy atom. The minimum absolute atomic E-state index is 0.0271. The number of nitrogens with two attached hydrogens (primary N) is 1. The second-order valence-electron chi connectivity index (χ2n) is 11.3. The molecule has 13 heteroatoms. The molecule has 3 aromatic carbocycles. The number of aliphatic hydroxyl groups is 1. The highest BCUT2D eigenvalue weighted by molar-refractivity contribution is 6.43. The average molecular weight is 696 g/mol. The van der Waals surface area contributed by atoms with Gasteiger partial charge in [-0.15, -0.1) is 0 Å². The van der Waals surface area contributed by atoms with E-state index in [-0.39, 0.29) is 51.5 Å². The largest absolute Gasteiger partial charge is 0.494 e. The minimum Gasteiger partial charge on any atom is -0.494 e. The van der Waals surface area contributed by atoms with Crippen LogP contribution in [0.4, 0.5) is 4.39 Å². The van der Waals surface area contributed by atoms with E-state index in [1.807, 2.05) is 0 Å². The molecule has 2 atom stereocenters. The molecule has 4 N–H and O–H groups in total. The van der Waals surface area contributed by atoms with Gasteiger partial charge in [-0.05, 0) is 48.9 Å². The molecule has 9 nitrogen and oxygen atoms in total. The van der Waals surface area contributed by atoms with Gasteiger partial charge in [0.1, 0.15) is 46.1 Å². The second kappa shape index (κ2) is 12.3. The SMILES string of the molecule is COc1cc(C(=O)NC[C@@](O)(c2ccccc2)c2cc3c(c(-c4ccc(F)c(Cl)c4Cl)n2)OCC3(C)C(N)=O)cc2cc(Cl)cnc12. The highest BCUT2D eigenvalue weighted by Crippen LogP contribution is 2.48. The number of halogens is 4. The van der Waals surface area contributed by atoms with E-state index in [0.717, 1.165) is 6.07 Å². The minimum atomic E-state index is -1.98. The van der Waals surface area contributed by atoms with Crippen LogP contribution < -0.4 is 20.5 Å². The lowest BCUT2D eigenvalue weighted by Gasteiger charge is -2.30. The topological polar surface area (TPSA) is 137 Å². The fourth-order valence-corrected chi connectivity index (χ4v) is 6.11. The zero-order valence-corrected chi connectivity index (χ0v) is 27.2. The Morgan fingerprint density at radius 1 is 1.11 bits per heavy atom. The van der Waals surface area contributed by atoms with Crippen molar-refractivity contribution in [2.45, 2.75) is 17.9 Å². The standard InChI is InChI=1S/C34H26Cl3FN4O5/c1-33(32(39)44)16-47-30-22(33)13-25(42-29(30)21-8-9-23(38)27(37)26(21)36)34(45,19-6-4-3-5-7-19)15-41-31(43)18-10-17-11-20(35)14-40-28(17)24(12-18)46-2/h3-14,45H,15-16H2,1-2H3,(H2,39,44)(H,41,43)/t33?,34-/m1/s1. The van der Waals surface area contributed by atoms with Gasteiger partial charge in [0.15, 0.2) is 0 Å². The number of amides is 2. The van der Waals surface area contributed by atoms with Crippen molar-refractivity contribution in [2.75, 3.05) is 20.3 Å². The lowest BCUT2D eigenvalue weighted by atomic mass is 9.80. The summed E-state index contributed by atoms with van der Waals surface area (Å²) >= 11 is 18.8. The molecular weight excluding hydrogens is 670 g/mol. The summed E-state index contributed by atoms with van der Waals surface area (Å²) in [5.74, 6) is -1.44. The molecule has 2 aromatic heterocycles. The monoisotopic (exact) mass is 694 g/mol. The predicted octanol–water partition coefficient (Wildman–Crippen LogP) is 6.21. The van der Waals surface area contributed by atoms with Crippen molar-refractivity contribution < 1.29 is 28.6 Å². The number of nitrogens with zero attached hydrogens (tertiary/aromatic N) is 2. The summed E-state index contributed by atoms with van der Waals surface area (Å²) in [5, 5.41) is 15.8. The summed E-state index contributed by atoms with van der Waals surface area (Å²) in [7, 11) is 1.46. The summed E-state index contributed by atoms with van der Waals surface area (Å²) in [4.78, 5) is 35.4. The maximum atomic E-state index is 14.3. The van der Waals surface area contributed by atoms with E-state index in [2.05, 4.69) is 10.3 Å². The number of methoxy groups -OCH3 is 1. The molecule has 1 aliphatic rings. The molecule has 0 spiro atoms. The van der Waals surface area contributed by atoms with Crippen LogP contribution in [0.2, 0.25) is 15.1 Å². The van der Waals surface area contributed by atoms with Crippen LogP contribution in [0.15, 0.2) is 72.9 Å². The number of ether oxygens (including phenoxy) is 2. The first-order valence-corrected chi connectivity index (χ1v) is 15.3. The molecule has 0 radical (unpaired) electrons. The Hall–Kier alpha value is -4.48. The fourth-order valence-electron chi connectivity index (χ4n) is 5.53. The van der Waals surface area contributed by atoms with Gasteiger partial charge in [-0.2, -0.15) is 0 Å². The summed E-state index contributed by atoms with van der Waals surface area (Å²) in [6.45, 7) is 1.11. The zero-order chi connectivity index (χ0) is 33.7. The fraction of sp³-hybridized carbons (Fsp3) is 0.176. The number of carbonyl (C=O) groups excluding carboxylic acids is 2. The van der Waals surface area contributed by atoms with Crippen LogP contribution in [-0.2, 0) is 15.8 Å². The summed E-state index contributed by atoms with van der Waals surface area (Å²) < 4.78 is 25.7. The first-order chi connectivity index (χ1) is 22.4. The van der Waals surface area contributed by atoms with Crippen molar-refractivity contribution in [3.8, 4) is 22.8 Å². The Bertz CT molecular complexity index is 2080. The lowest BCUT2D eigenvalue weighted by Crippen LogP contribution is -2.43. The highest BCUT2D eigenvalue weighted by Gasteiger charge is 2.46. The molecule has 3 heterocycles. The molecule has 47 heavy (non-hydrogen) atoms. The van der Waals surface area contributed by atoms with Gasteiger partial charge < -0.3 is 25.6 Å². The van der Waals surface area contributed by atoms with Crippen LogP contribution in [0, 0.1) is 5.82 Å². The van der Waals surface area contributed by atoms with Gasteiger partial charge in [-0.25, -0.2) is 9.37 Å². The Morgan fingerprint density at radius 3 is 2.55 bits per heavy atom. The van der Waals surface area contributed by atoms with Crippen LogP contribution >= 0.6 is 34.8 Å². The van der Waals surface area contributed by atoms with Crippen molar-refractivity contribution >= 4 is 57.5 Å². The molecule has 0 aliphatic carbocycles. The number of hydrogen-bond acceptors (Lipinski definition) is 7. The van der Waals surface area contributed by atoms with E-state index in [1.165, 1.54) is 31.5 Å². The molecule has 0 fully saturated rings. The number of rotatable bonds is 8. The quantitative estimate of drug-likeness (QED) is 0.164. The molecule has 5 aromatic rings. The van der Waals surface area contributed by atoms with Gasteiger partial charge in [0.05, 0.1) is 34.4 Å². The Kier molecular flexibility index (Phi) is 8.48. The maximum Gasteiger partial charge on any atom is 0.251 e. The van der Waals surface area contributed by atoms with Crippen LogP contribution in [0.25, 0.3) is 22.2 Å². The Labute approximate surface area is 283 Å². The number of pyridine rings is 2. The van der Waals surface area contributed by atoms with E-state index in [0.29, 0.717) is 32.8 Å². The smallest absolute Gasteiger partial charge is 0.251 e. The molecule has 0 saturated carbocycles.